The van der Waals surface area contributed by atoms with Crippen LogP contribution in [0.3, 0.4) is 0 Å². The van der Waals surface area contributed by atoms with Gasteiger partial charge in [0.1, 0.15) is 6.04 Å². The van der Waals surface area contributed by atoms with Crippen LogP contribution >= 0.6 is 11.8 Å². The molecular weight excluding hydrogens is 246 g/mol. The predicted molar refractivity (Wildman–Crippen MR) is 73.8 cm³/mol. The summed E-state index contributed by atoms with van der Waals surface area (Å²) in [4.78, 5) is 13.0. The standard InChI is InChI=1S/C14H19NO2S/c1-3-17-14(16)10(2)15-12-8-9-18-13-7-5-4-6-11(12)13/h4-7,10,12,15H,3,8-9H2,1-2H3. The second-order valence-electron chi connectivity index (χ2n) is 4.37. The lowest BCUT2D eigenvalue weighted by molar-refractivity contribution is -0.145. The number of carbonyl (C=O) groups is 1. The van der Waals surface area contributed by atoms with E-state index in [0.717, 1.165) is 12.2 Å². The monoisotopic (exact) mass is 265 g/mol. The summed E-state index contributed by atoms with van der Waals surface area (Å²) in [5.74, 6) is 0.915. The van der Waals surface area contributed by atoms with E-state index in [1.165, 1.54) is 10.5 Å². The number of hydrogen-bond acceptors (Lipinski definition) is 4. The number of esters is 1. The molecule has 4 heteroatoms. The zero-order valence-corrected chi connectivity index (χ0v) is 11.6. The Kier molecular flexibility index (Phi) is 4.66. The van der Waals surface area contributed by atoms with Crippen molar-refractivity contribution in [2.45, 2.75) is 37.2 Å². The zero-order valence-electron chi connectivity index (χ0n) is 10.8. The van der Waals surface area contributed by atoms with E-state index in [1.54, 1.807) is 0 Å². The minimum Gasteiger partial charge on any atom is -0.465 e. The smallest absolute Gasteiger partial charge is 0.322 e. The largest absolute Gasteiger partial charge is 0.465 e. The van der Waals surface area contributed by atoms with Crippen molar-refractivity contribution in [3.8, 4) is 0 Å². The van der Waals surface area contributed by atoms with Gasteiger partial charge in [-0.1, -0.05) is 18.2 Å². The molecule has 3 nitrogen and oxygen atoms in total. The van der Waals surface area contributed by atoms with Gasteiger partial charge in [0.25, 0.3) is 0 Å². The summed E-state index contributed by atoms with van der Waals surface area (Å²) in [6.45, 7) is 4.13. The topological polar surface area (TPSA) is 38.3 Å². The average molecular weight is 265 g/mol. The summed E-state index contributed by atoms with van der Waals surface area (Å²) in [5.41, 5.74) is 1.30. The van der Waals surface area contributed by atoms with Gasteiger partial charge in [-0.3, -0.25) is 10.1 Å². The summed E-state index contributed by atoms with van der Waals surface area (Å²) >= 11 is 1.88. The van der Waals surface area contributed by atoms with Gasteiger partial charge in [0.05, 0.1) is 6.61 Å². The van der Waals surface area contributed by atoms with Crippen LogP contribution in [0.25, 0.3) is 0 Å². The van der Waals surface area contributed by atoms with E-state index < -0.39 is 0 Å². The van der Waals surface area contributed by atoms with Crippen LogP contribution in [-0.2, 0) is 9.53 Å². The molecule has 2 atom stereocenters. The SMILES string of the molecule is CCOC(=O)C(C)NC1CCSc2ccccc21. The maximum Gasteiger partial charge on any atom is 0.322 e. The summed E-state index contributed by atoms with van der Waals surface area (Å²) < 4.78 is 5.03. The molecule has 0 aliphatic carbocycles. The Balaban J connectivity index is 2.05. The van der Waals surface area contributed by atoms with Crippen molar-refractivity contribution < 1.29 is 9.53 Å². The highest BCUT2D eigenvalue weighted by Gasteiger charge is 2.24. The van der Waals surface area contributed by atoms with Crippen LogP contribution < -0.4 is 5.32 Å². The van der Waals surface area contributed by atoms with Gasteiger partial charge in [-0.05, 0) is 37.7 Å². The second-order valence-corrected chi connectivity index (χ2v) is 5.50. The van der Waals surface area contributed by atoms with Gasteiger partial charge in [-0.25, -0.2) is 0 Å². The number of benzene rings is 1. The molecule has 0 saturated heterocycles. The van der Waals surface area contributed by atoms with Gasteiger partial charge in [0.2, 0.25) is 0 Å². The Hall–Kier alpha value is -1.00. The Morgan fingerprint density at radius 1 is 1.56 bits per heavy atom. The number of hydrogen-bond donors (Lipinski definition) is 1. The highest BCUT2D eigenvalue weighted by molar-refractivity contribution is 7.99. The molecule has 0 saturated carbocycles. The molecule has 0 radical (unpaired) electrons. The Labute approximate surface area is 112 Å². The summed E-state index contributed by atoms with van der Waals surface area (Å²) in [6, 6.07) is 8.38. The van der Waals surface area contributed by atoms with E-state index >= 15 is 0 Å². The molecule has 0 amide bonds. The van der Waals surface area contributed by atoms with Crippen molar-refractivity contribution in [3.05, 3.63) is 29.8 Å². The second kappa shape index (κ2) is 6.25. The van der Waals surface area contributed by atoms with Crippen LogP contribution in [0.2, 0.25) is 0 Å². The highest BCUT2D eigenvalue weighted by atomic mass is 32.2. The number of carbonyl (C=O) groups excluding carboxylic acids is 1. The molecular formula is C14H19NO2S. The third-order valence-electron chi connectivity index (χ3n) is 3.05. The van der Waals surface area contributed by atoms with Crippen LogP contribution in [0.15, 0.2) is 29.2 Å². The lowest BCUT2D eigenvalue weighted by Gasteiger charge is -2.28. The molecule has 18 heavy (non-hydrogen) atoms. The van der Waals surface area contributed by atoms with E-state index in [9.17, 15) is 4.79 Å². The van der Waals surface area contributed by atoms with Crippen molar-refractivity contribution >= 4 is 17.7 Å². The van der Waals surface area contributed by atoms with Gasteiger partial charge in [-0.2, -0.15) is 0 Å². The van der Waals surface area contributed by atoms with Gasteiger partial charge < -0.3 is 4.74 Å². The summed E-state index contributed by atoms with van der Waals surface area (Å²) in [7, 11) is 0. The van der Waals surface area contributed by atoms with E-state index in [-0.39, 0.29) is 18.1 Å². The highest BCUT2D eigenvalue weighted by Crippen LogP contribution is 2.35. The number of nitrogens with one attached hydrogen (secondary N) is 1. The van der Waals surface area contributed by atoms with Crippen molar-refractivity contribution in [1.29, 1.82) is 0 Å². The molecule has 2 unspecified atom stereocenters. The Bertz CT molecular complexity index is 422. The van der Waals surface area contributed by atoms with E-state index in [4.69, 9.17) is 4.74 Å². The minimum atomic E-state index is -0.258. The van der Waals surface area contributed by atoms with Gasteiger partial charge in [0.15, 0.2) is 0 Å². The molecule has 1 aliphatic heterocycles. The Morgan fingerprint density at radius 3 is 3.11 bits per heavy atom. The third kappa shape index (κ3) is 3.06. The van der Waals surface area contributed by atoms with E-state index in [0.29, 0.717) is 6.61 Å². The number of thioether (sulfide) groups is 1. The fourth-order valence-corrected chi connectivity index (χ4v) is 3.28. The van der Waals surface area contributed by atoms with Crippen LogP contribution in [0.1, 0.15) is 31.9 Å². The molecule has 0 bridgehead atoms. The molecule has 1 aromatic rings. The fourth-order valence-electron chi connectivity index (χ4n) is 2.15. The first-order chi connectivity index (χ1) is 8.72. The molecule has 2 rings (SSSR count). The summed E-state index contributed by atoms with van der Waals surface area (Å²) in [5, 5.41) is 3.37. The first kappa shape index (κ1) is 13.4. The predicted octanol–water partition coefficient (Wildman–Crippen LogP) is 2.76. The normalized spacial score (nSPS) is 20.0. The average Bonchev–Trinajstić information content (AvgIpc) is 2.39. The lowest BCUT2D eigenvalue weighted by atomic mass is 10.0. The maximum absolute atomic E-state index is 11.6. The Morgan fingerprint density at radius 2 is 2.33 bits per heavy atom. The molecule has 1 heterocycles. The molecule has 98 valence electrons. The van der Waals surface area contributed by atoms with E-state index in [1.807, 2.05) is 25.6 Å². The molecule has 0 fully saturated rings. The third-order valence-corrected chi connectivity index (χ3v) is 4.17. The first-order valence-corrected chi connectivity index (χ1v) is 7.35. The van der Waals surface area contributed by atoms with Crippen molar-refractivity contribution in [1.82, 2.24) is 5.32 Å². The van der Waals surface area contributed by atoms with Crippen molar-refractivity contribution in [2.24, 2.45) is 0 Å². The number of rotatable bonds is 4. The number of fused-ring (bicyclic) bond motifs is 1. The van der Waals surface area contributed by atoms with Crippen LogP contribution in [0.5, 0.6) is 0 Å². The van der Waals surface area contributed by atoms with E-state index in [2.05, 4.69) is 29.6 Å². The van der Waals surface area contributed by atoms with Crippen LogP contribution in [0.4, 0.5) is 0 Å². The van der Waals surface area contributed by atoms with Crippen LogP contribution in [0, 0.1) is 0 Å². The molecule has 0 spiro atoms. The molecule has 1 N–H and O–H groups in total. The summed E-state index contributed by atoms with van der Waals surface area (Å²) in [6.07, 6.45) is 1.05. The van der Waals surface area contributed by atoms with Gasteiger partial charge in [0, 0.05) is 10.9 Å². The first-order valence-electron chi connectivity index (χ1n) is 6.36. The maximum atomic E-state index is 11.6. The van der Waals surface area contributed by atoms with Gasteiger partial charge >= 0.3 is 5.97 Å². The molecule has 1 aliphatic rings. The lowest BCUT2D eigenvalue weighted by Crippen LogP contribution is -2.39. The molecule has 0 aromatic heterocycles. The zero-order chi connectivity index (χ0) is 13.0. The van der Waals surface area contributed by atoms with Crippen LogP contribution in [-0.4, -0.2) is 24.4 Å². The van der Waals surface area contributed by atoms with Crippen molar-refractivity contribution in [2.75, 3.05) is 12.4 Å². The van der Waals surface area contributed by atoms with Gasteiger partial charge in [-0.15, -0.1) is 11.8 Å². The number of ether oxygens (including phenoxy) is 1. The minimum absolute atomic E-state index is 0.173. The fraction of sp³-hybridized carbons (Fsp3) is 0.500. The quantitative estimate of drug-likeness (QED) is 0.850. The van der Waals surface area contributed by atoms with Crippen molar-refractivity contribution in [3.63, 3.8) is 0 Å². The molecule has 1 aromatic carbocycles.